The summed E-state index contributed by atoms with van der Waals surface area (Å²) >= 11 is 0. The summed E-state index contributed by atoms with van der Waals surface area (Å²) in [5, 5.41) is 2.81. The van der Waals surface area contributed by atoms with Crippen molar-refractivity contribution in [3.8, 4) is 0 Å². The Labute approximate surface area is 203 Å². The van der Waals surface area contributed by atoms with Gasteiger partial charge in [0.2, 0.25) is 5.91 Å². The van der Waals surface area contributed by atoms with Gasteiger partial charge >= 0.3 is 6.18 Å². The van der Waals surface area contributed by atoms with Gasteiger partial charge in [-0.25, -0.2) is 8.42 Å². The van der Waals surface area contributed by atoms with Crippen molar-refractivity contribution in [1.29, 1.82) is 0 Å². The predicted octanol–water partition coefficient (Wildman–Crippen LogP) is 5.79. The molecule has 0 saturated heterocycles. The number of alkyl halides is 3. The molecular formula is C26H27F3N2O3S. The molecule has 1 unspecified atom stereocenters. The van der Waals surface area contributed by atoms with Gasteiger partial charge in [0, 0.05) is 0 Å². The van der Waals surface area contributed by atoms with Gasteiger partial charge in [0.1, 0.15) is 6.54 Å². The highest BCUT2D eigenvalue weighted by Crippen LogP contribution is 2.33. The Balaban J connectivity index is 1.97. The molecule has 1 N–H and O–H groups in total. The van der Waals surface area contributed by atoms with Crippen LogP contribution in [0.3, 0.4) is 0 Å². The SMILES string of the molecule is CCC(NC(=O)CN(c1cccc(C(F)(F)F)c1)S(=O)(=O)c1ccc(C)cc1)c1ccc(C)cc1. The van der Waals surface area contributed by atoms with Crippen LogP contribution in [-0.2, 0) is 21.0 Å². The van der Waals surface area contributed by atoms with E-state index in [1.807, 2.05) is 38.1 Å². The number of anilines is 1. The normalized spacial score (nSPS) is 12.7. The lowest BCUT2D eigenvalue weighted by atomic mass is 10.0. The Hall–Kier alpha value is -3.33. The van der Waals surface area contributed by atoms with Gasteiger partial charge in [0.05, 0.1) is 22.2 Å². The van der Waals surface area contributed by atoms with Gasteiger partial charge in [-0.1, -0.05) is 60.5 Å². The van der Waals surface area contributed by atoms with E-state index in [9.17, 15) is 26.4 Å². The highest BCUT2D eigenvalue weighted by molar-refractivity contribution is 7.92. The Bertz CT molecular complexity index is 1270. The summed E-state index contributed by atoms with van der Waals surface area (Å²) in [5.74, 6) is -0.634. The minimum atomic E-state index is -4.67. The van der Waals surface area contributed by atoms with E-state index in [1.165, 1.54) is 18.2 Å². The third-order valence-corrected chi connectivity index (χ3v) is 7.37. The van der Waals surface area contributed by atoms with Gasteiger partial charge in [-0.3, -0.25) is 9.10 Å². The van der Waals surface area contributed by atoms with Crippen LogP contribution >= 0.6 is 0 Å². The van der Waals surface area contributed by atoms with E-state index in [0.717, 1.165) is 34.9 Å². The molecule has 0 fully saturated rings. The number of sulfonamides is 1. The van der Waals surface area contributed by atoms with Crippen molar-refractivity contribution in [2.45, 2.75) is 44.3 Å². The zero-order chi connectivity index (χ0) is 25.8. The maximum atomic E-state index is 13.5. The molecule has 0 saturated carbocycles. The first-order chi connectivity index (χ1) is 16.4. The van der Waals surface area contributed by atoms with E-state index in [1.54, 1.807) is 19.1 Å². The van der Waals surface area contributed by atoms with Gasteiger partial charge in [-0.05, 0) is 56.2 Å². The van der Waals surface area contributed by atoms with E-state index in [-0.39, 0.29) is 16.6 Å². The first-order valence-electron chi connectivity index (χ1n) is 11.0. The summed E-state index contributed by atoms with van der Waals surface area (Å²) in [6.45, 7) is 4.91. The van der Waals surface area contributed by atoms with E-state index < -0.39 is 34.2 Å². The van der Waals surface area contributed by atoms with Crippen molar-refractivity contribution in [3.63, 3.8) is 0 Å². The summed E-state index contributed by atoms with van der Waals surface area (Å²) < 4.78 is 67.7. The molecule has 0 aliphatic heterocycles. The van der Waals surface area contributed by atoms with Crippen molar-refractivity contribution in [2.75, 3.05) is 10.8 Å². The summed E-state index contributed by atoms with van der Waals surface area (Å²) in [5.41, 5.74) is 1.45. The molecule has 0 aliphatic carbocycles. The molecule has 1 amide bonds. The van der Waals surface area contributed by atoms with Crippen LogP contribution in [0, 0.1) is 13.8 Å². The summed E-state index contributed by atoms with van der Waals surface area (Å²) in [6.07, 6.45) is -4.13. The van der Waals surface area contributed by atoms with Gasteiger partial charge in [0.25, 0.3) is 10.0 Å². The molecule has 0 heterocycles. The average molecular weight is 505 g/mol. The van der Waals surface area contributed by atoms with Crippen LogP contribution in [0.15, 0.2) is 77.7 Å². The number of carbonyl (C=O) groups is 1. The Morgan fingerprint density at radius 3 is 2.06 bits per heavy atom. The molecule has 5 nitrogen and oxygen atoms in total. The molecular weight excluding hydrogens is 477 g/mol. The number of hydrogen-bond acceptors (Lipinski definition) is 3. The average Bonchev–Trinajstić information content (AvgIpc) is 2.81. The smallest absolute Gasteiger partial charge is 0.348 e. The van der Waals surface area contributed by atoms with Crippen LogP contribution in [-0.4, -0.2) is 20.9 Å². The van der Waals surface area contributed by atoms with Crippen LogP contribution < -0.4 is 9.62 Å². The molecule has 0 aliphatic rings. The first kappa shape index (κ1) is 26.3. The summed E-state index contributed by atoms with van der Waals surface area (Å²) in [7, 11) is -4.34. The van der Waals surface area contributed by atoms with Crippen LogP contribution in [0.25, 0.3) is 0 Å². The van der Waals surface area contributed by atoms with Crippen molar-refractivity contribution in [1.82, 2.24) is 5.32 Å². The van der Waals surface area contributed by atoms with Gasteiger partial charge in [-0.2, -0.15) is 13.2 Å². The fourth-order valence-electron chi connectivity index (χ4n) is 3.58. The molecule has 3 aromatic rings. The van der Waals surface area contributed by atoms with Crippen LogP contribution in [0.2, 0.25) is 0 Å². The van der Waals surface area contributed by atoms with Gasteiger partial charge in [0.15, 0.2) is 0 Å². The lowest BCUT2D eigenvalue weighted by Crippen LogP contribution is -2.42. The van der Waals surface area contributed by atoms with Crippen molar-refractivity contribution < 1.29 is 26.4 Å². The number of carbonyl (C=O) groups excluding carboxylic acids is 1. The predicted molar refractivity (Wildman–Crippen MR) is 130 cm³/mol. The quantitative estimate of drug-likeness (QED) is 0.423. The van der Waals surface area contributed by atoms with Crippen molar-refractivity contribution in [3.05, 3.63) is 95.1 Å². The highest BCUT2D eigenvalue weighted by Gasteiger charge is 2.33. The standard InChI is InChI=1S/C26H27F3N2O3S/c1-4-24(20-12-8-18(2)9-13-20)30-25(32)17-31(22-7-5-6-21(16-22)26(27,28)29)35(33,34)23-14-10-19(3)11-15-23/h5-16,24H,4,17H2,1-3H3,(H,30,32). The van der Waals surface area contributed by atoms with Gasteiger partial charge in [-0.15, -0.1) is 0 Å². The first-order valence-corrected chi connectivity index (χ1v) is 12.5. The number of hydrogen-bond donors (Lipinski definition) is 1. The fraction of sp³-hybridized carbons (Fsp3) is 0.269. The number of benzene rings is 3. The third-order valence-electron chi connectivity index (χ3n) is 5.58. The summed E-state index contributed by atoms with van der Waals surface area (Å²) in [6, 6.07) is 17.0. The van der Waals surface area contributed by atoms with E-state index in [0.29, 0.717) is 10.7 Å². The Morgan fingerprint density at radius 1 is 0.943 bits per heavy atom. The lowest BCUT2D eigenvalue weighted by Gasteiger charge is -2.26. The lowest BCUT2D eigenvalue weighted by molar-refractivity contribution is -0.137. The monoisotopic (exact) mass is 504 g/mol. The number of aryl methyl sites for hydroxylation is 2. The fourth-order valence-corrected chi connectivity index (χ4v) is 4.99. The Kier molecular flexibility index (Phi) is 7.90. The number of nitrogens with zero attached hydrogens (tertiary/aromatic N) is 1. The molecule has 0 aromatic heterocycles. The minimum Gasteiger partial charge on any atom is -0.348 e. The molecule has 9 heteroatoms. The highest BCUT2D eigenvalue weighted by atomic mass is 32.2. The molecule has 35 heavy (non-hydrogen) atoms. The molecule has 1 atom stereocenters. The topological polar surface area (TPSA) is 66.5 Å². The zero-order valence-corrected chi connectivity index (χ0v) is 20.5. The summed E-state index contributed by atoms with van der Waals surface area (Å²) in [4.78, 5) is 12.9. The van der Waals surface area contributed by atoms with Gasteiger partial charge < -0.3 is 5.32 Å². The number of rotatable bonds is 8. The van der Waals surface area contributed by atoms with E-state index in [4.69, 9.17) is 0 Å². The molecule has 0 radical (unpaired) electrons. The van der Waals surface area contributed by atoms with E-state index in [2.05, 4.69) is 5.32 Å². The molecule has 0 bridgehead atoms. The van der Waals surface area contributed by atoms with E-state index >= 15 is 0 Å². The molecule has 186 valence electrons. The largest absolute Gasteiger partial charge is 0.416 e. The number of halogens is 3. The number of nitrogens with one attached hydrogen (secondary N) is 1. The third kappa shape index (κ3) is 6.42. The minimum absolute atomic E-state index is 0.126. The van der Waals surface area contributed by atoms with Crippen LogP contribution in [0.4, 0.5) is 18.9 Å². The maximum absolute atomic E-state index is 13.5. The van der Waals surface area contributed by atoms with Crippen LogP contribution in [0.1, 0.15) is 41.6 Å². The zero-order valence-electron chi connectivity index (χ0n) is 19.6. The molecule has 3 rings (SSSR count). The molecule has 0 spiro atoms. The van der Waals surface area contributed by atoms with Crippen molar-refractivity contribution >= 4 is 21.6 Å². The van der Waals surface area contributed by atoms with Crippen LogP contribution in [0.5, 0.6) is 0 Å². The Morgan fingerprint density at radius 2 is 1.51 bits per heavy atom. The second kappa shape index (κ2) is 10.5. The van der Waals surface area contributed by atoms with Crippen molar-refractivity contribution in [2.24, 2.45) is 0 Å². The number of amides is 1. The maximum Gasteiger partial charge on any atom is 0.416 e. The second-order valence-electron chi connectivity index (χ2n) is 8.31. The second-order valence-corrected chi connectivity index (χ2v) is 10.2. The molecule has 3 aromatic carbocycles.